The summed E-state index contributed by atoms with van der Waals surface area (Å²) in [5, 5.41) is 0.681. The third kappa shape index (κ3) is 3.73. The van der Waals surface area contributed by atoms with Gasteiger partial charge < -0.3 is 4.90 Å². The molecule has 0 aliphatic carbocycles. The van der Waals surface area contributed by atoms with Gasteiger partial charge in [0.15, 0.2) is 5.13 Å². The molecule has 0 bridgehead atoms. The summed E-state index contributed by atoms with van der Waals surface area (Å²) in [6.45, 7) is 1.36. The van der Waals surface area contributed by atoms with Crippen LogP contribution in [0.25, 0.3) is 10.2 Å². The van der Waals surface area contributed by atoms with Crippen molar-refractivity contribution in [2.45, 2.75) is 0 Å². The fourth-order valence-electron chi connectivity index (χ4n) is 2.23. The highest BCUT2D eigenvalue weighted by Crippen LogP contribution is 2.34. The summed E-state index contributed by atoms with van der Waals surface area (Å²) >= 11 is 14.9. The molecule has 24 heavy (non-hydrogen) atoms. The van der Waals surface area contributed by atoms with Crippen LogP contribution in [0.5, 0.6) is 0 Å². The Kier molecular flexibility index (Phi) is 5.42. The summed E-state index contributed by atoms with van der Waals surface area (Å²) in [4.78, 5) is 20.6. The second kappa shape index (κ2) is 7.37. The molecule has 0 fully saturated rings. The Labute approximate surface area is 158 Å². The summed E-state index contributed by atoms with van der Waals surface area (Å²) in [7, 11) is 4.10. The van der Waals surface area contributed by atoms with Crippen LogP contribution in [0.15, 0.2) is 30.3 Å². The topological polar surface area (TPSA) is 37.6 Å². The van der Waals surface area contributed by atoms with Crippen LogP contribution in [0.1, 0.15) is 10.4 Å². The number of benzene rings is 1. The first kappa shape index (κ1) is 17.6. The lowest BCUT2D eigenvalue weighted by Gasteiger charge is -2.20. The van der Waals surface area contributed by atoms with E-state index in [4.69, 9.17) is 23.2 Å². The number of amides is 1. The van der Waals surface area contributed by atoms with Gasteiger partial charge in [-0.2, -0.15) is 0 Å². The van der Waals surface area contributed by atoms with E-state index in [0.29, 0.717) is 25.9 Å². The largest absolute Gasteiger partial charge is 0.338 e. The minimum Gasteiger partial charge on any atom is -0.338 e. The summed E-state index contributed by atoms with van der Waals surface area (Å²) < 4.78 is 1.97. The van der Waals surface area contributed by atoms with Crippen LogP contribution in [0.3, 0.4) is 0 Å². The Morgan fingerprint density at radius 2 is 2.00 bits per heavy atom. The summed E-state index contributed by atoms with van der Waals surface area (Å²) in [6, 6.07) is 9.49. The molecule has 0 spiro atoms. The molecule has 2 heterocycles. The van der Waals surface area contributed by atoms with E-state index in [1.807, 2.05) is 24.3 Å². The maximum absolute atomic E-state index is 13.0. The quantitative estimate of drug-likeness (QED) is 0.711. The predicted octanol–water partition coefficient (Wildman–Crippen LogP) is 3.46. The highest BCUT2D eigenvalue weighted by Gasteiger charge is 2.25. The van der Waals surface area contributed by atoms with E-state index >= 15 is 0 Å². The second-order valence-electron chi connectivity index (χ2n) is 5.62. The van der Waals surface area contributed by atoms with Crippen LogP contribution in [0.2, 0.25) is 8.67 Å². The van der Waals surface area contributed by atoms with Gasteiger partial charge in [-0.15, -0.1) is 11.3 Å². The first-order valence-electron chi connectivity index (χ1n) is 7.37. The Morgan fingerprint density at radius 3 is 2.62 bits per heavy atom. The van der Waals surface area contributed by atoms with Gasteiger partial charge in [0.05, 0.1) is 47.3 Å². The summed E-state index contributed by atoms with van der Waals surface area (Å²) in [6.07, 6.45) is 0. The van der Waals surface area contributed by atoms with Crippen molar-refractivity contribution < 1.29 is 9.69 Å². The van der Waals surface area contributed by atoms with Gasteiger partial charge in [0, 0.05) is 0 Å². The van der Waals surface area contributed by atoms with E-state index in [1.54, 1.807) is 11.0 Å². The zero-order chi connectivity index (χ0) is 17.3. The number of carbonyl (C=O) groups is 1. The minimum absolute atomic E-state index is 0.163. The first-order valence-corrected chi connectivity index (χ1v) is 9.76. The number of halogens is 2. The number of fused-ring (bicyclic) bond motifs is 1. The number of rotatable bonds is 5. The predicted molar refractivity (Wildman–Crippen MR) is 103 cm³/mol. The standard InChI is InChI=1S/C16H15Cl2N3OS2/c1-20(2)7-8-21(15(22)10-9-13(17)24-14(10)18)16-19-11-5-3-4-6-12(11)23-16/h3-6,9H,7-8H2,1-2H3/p+1. The molecule has 3 aromatic rings. The second-order valence-corrected chi connectivity index (χ2v) is 8.91. The molecule has 1 aromatic carbocycles. The van der Waals surface area contributed by atoms with Crippen molar-refractivity contribution >= 4 is 67.1 Å². The van der Waals surface area contributed by atoms with Crippen molar-refractivity contribution in [2.75, 3.05) is 32.1 Å². The van der Waals surface area contributed by atoms with Gasteiger partial charge in [0.1, 0.15) is 4.34 Å². The Balaban J connectivity index is 1.99. The minimum atomic E-state index is -0.163. The molecule has 4 nitrogen and oxygen atoms in total. The summed E-state index contributed by atoms with van der Waals surface area (Å²) in [5.74, 6) is -0.163. The van der Waals surface area contributed by atoms with Crippen molar-refractivity contribution in [2.24, 2.45) is 0 Å². The van der Waals surface area contributed by atoms with Crippen LogP contribution >= 0.6 is 45.9 Å². The number of hydrogen-bond acceptors (Lipinski definition) is 4. The fraction of sp³-hybridized carbons (Fsp3) is 0.250. The molecule has 8 heteroatoms. The molecule has 0 aliphatic rings. The molecule has 1 N–H and O–H groups in total. The average Bonchev–Trinajstić information content (AvgIpc) is 3.09. The lowest BCUT2D eigenvalue weighted by Crippen LogP contribution is -3.06. The number of para-hydroxylation sites is 1. The number of nitrogens with one attached hydrogen (secondary N) is 1. The molecular weight excluding hydrogens is 385 g/mol. The van der Waals surface area contributed by atoms with E-state index in [0.717, 1.165) is 16.8 Å². The summed E-state index contributed by atoms with van der Waals surface area (Å²) in [5.41, 5.74) is 1.32. The highest BCUT2D eigenvalue weighted by molar-refractivity contribution is 7.22. The van der Waals surface area contributed by atoms with Gasteiger partial charge in [0.2, 0.25) is 0 Å². The number of anilines is 1. The smallest absolute Gasteiger partial charge is 0.262 e. The Hall–Kier alpha value is -1.18. The van der Waals surface area contributed by atoms with Crippen LogP contribution < -0.4 is 9.80 Å². The lowest BCUT2D eigenvalue weighted by molar-refractivity contribution is -0.856. The van der Waals surface area contributed by atoms with Crippen LogP contribution in [-0.4, -0.2) is 38.1 Å². The van der Waals surface area contributed by atoms with Crippen molar-refractivity contribution in [1.82, 2.24) is 4.98 Å². The molecule has 0 radical (unpaired) electrons. The molecule has 126 valence electrons. The lowest BCUT2D eigenvalue weighted by atomic mass is 10.3. The fourth-order valence-corrected chi connectivity index (χ4v) is 4.66. The maximum atomic E-state index is 13.0. The van der Waals surface area contributed by atoms with E-state index in [1.165, 1.54) is 27.6 Å². The molecule has 2 aromatic heterocycles. The molecule has 0 aliphatic heterocycles. The third-order valence-electron chi connectivity index (χ3n) is 3.48. The number of aromatic nitrogens is 1. The Bertz CT molecular complexity index is 842. The van der Waals surface area contributed by atoms with E-state index in [-0.39, 0.29) is 5.91 Å². The Morgan fingerprint density at radius 1 is 1.25 bits per heavy atom. The monoisotopic (exact) mass is 400 g/mol. The first-order chi connectivity index (χ1) is 11.5. The zero-order valence-electron chi connectivity index (χ0n) is 13.2. The van der Waals surface area contributed by atoms with E-state index in [2.05, 4.69) is 19.1 Å². The van der Waals surface area contributed by atoms with Gasteiger partial charge in [-0.05, 0) is 18.2 Å². The number of likely N-dealkylation sites (N-methyl/N-ethyl adjacent to an activating group) is 1. The van der Waals surface area contributed by atoms with Crippen LogP contribution in [0, 0.1) is 0 Å². The molecule has 0 unspecified atom stereocenters. The van der Waals surface area contributed by atoms with Gasteiger partial charge >= 0.3 is 0 Å². The number of hydrogen-bond donors (Lipinski definition) is 1. The van der Waals surface area contributed by atoms with Gasteiger partial charge in [-0.1, -0.05) is 46.7 Å². The number of thiazole rings is 1. The van der Waals surface area contributed by atoms with E-state index < -0.39 is 0 Å². The van der Waals surface area contributed by atoms with Crippen LogP contribution in [-0.2, 0) is 0 Å². The normalized spacial score (nSPS) is 11.4. The molecule has 0 atom stereocenters. The molecule has 0 saturated carbocycles. The molecule has 1 amide bonds. The number of quaternary nitrogens is 1. The van der Waals surface area contributed by atoms with E-state index in [9.17, 15) is 4.79 Å². The van der Waals surface area contributed by atoms with Crippen molar-refractivity contribution in [1.29, 1.82) is 0 Å². The molecule has 3 rings (SSSR count). The zero-order valence-corrected chi connectivity index (χ0v) is 16.3. The SMILES string of the molecule is C[NH+](C)CCN(C(=O)c1cc(Cl)sc1Cl)c1nc2ccccc2s1. The van der Waals surface area contributed by atoms with Gasteiger partial charge in [-0.3, -0.25) is 9.69 Å². The molecule has 0 saturated heterocycles. The highest BCUT2D eigenvalue weighted by atomic mass is 35.5. The molecular formula is C16H16Cl2N3OS2+. The van der Waals surface area contributed by atoms with Crippen molar-refractivity contribution in [3.05, 3.63) is 44.6 Å². The van der Waals surface area contributed by atoms with Crippen molar-refractivity contribution in [3.8, 4) is 0 Å². The third-order valence-corrected chi connectivity index (χ3v) is 6.03. The average molecular weight is 401 g/mol. The van der Waals surface area contributed by atoms with Crippen molar-refractivity contribution in [3.63, 3.8) is 0 Å². The van der Waals surface area contributed by atoms with Gasteiger partial charge in [-0.25, -0.2) is 4.98 Å². The number of thiophene rings is 1. The van der Waals surface area contributed by atoms with Crippen LogP contribution in [0.4, 0.5) is 5.13 Å². The maximum Gasteiger partial charge on any atom is 0.262 e. The number of nitrogens with zero attached hydrogens (tertiary/aromatic N) is 2. The van der Waals surface area contributed by atoms with Gasteiger partial charge in [0.25, 0.3) is 5.91 Å². The number of carbonyl (C=O) groups excluding carboxylic acids is 1.